The number of anilines is 2. The number of hydrogen-bond acceptors (Lipinski definition) is 7. The highest BCUT2D eigenvalue weighted by molar-refractivity contribution is 5.94. The number of nitrogen functional groups attached to an aromatic ring is 1. The van der Waals surface area contributed by atoms with E-state index < -0.39 is 17.4 Å². The molecule has 3 aromatic rings. The number of nitrogens with zero attached hydrogens (tertiary/aromatic N) is 3. The maximum Gasteiger partial charge on any atom is 0.295 e. The number of amides is 2. The molecule has 1 aromatic carbocycles. The highest BCUT2D eigenvalue weighted by Crippen LogP contribution is 2.09. The zero-order valence-corrected chi connectivity index (χ0v) is 17.2. The summed E-state index contributed by atoms with van der Waals surface area (Å²) in [6.45, 7) is 3.41. The van der Waals surface area contributed by atoms with Gasteiger partial charge in [-0.3, -0.25) is 34.8 Å². The minimum atomic E-state index is -0.545. The Morgan fingerprint density at radius 2 is 1.84 bits per heavy atom. The van der Waals surface area contributed by atoms with Crippen LogP contribution < -0.4 is 27.5 Å². The Morgan fingerprint density at radius 3 is 2.58 bits per heavy atom. The monoisotopic (exact) mass is 421 g/mol. The molecule has 2 aromatic heterocycles. The first-order chi connectivity index (χ1) is 14.8. The van der Waals surface area contributed by atoms with Crippen LogP contribution in [0.3, 0.4) is 0 Å². The molecule has 2 amide bonds. The molecule has 10 nitrogen and oxygen atoms in total. The molecule has 10 heteroatoms. The molecule has 0 saturated heterocycles. The van der Waals surface area contributed by atoms with E-state index in [4.69, 9.17) is 5.73 Å². The van der Waals surface area contributed by atoms with Gasteiger partial charge in [0.2, 0.25) is 11.7 Å². The second-order valence-electron chi connectivity index (χ2n) is 6.85. The lowest BCUT2D eigenvalue weighted by molar-refractivity contribution is -0.121. The fraction of sp³-hybridized carbons (Fsp3) is 0.190. The summed E-state index contributed by atoms with van der Waals surface area (Å²) < 4.78 is 1.26. The van der Waals surface area contributed by atoms with Crippen molar-refractivity contribution in [1.82, 2.24) is 25.3 Å². The van der Waals surface area contributed by atoms with Crippen LogP contribution >= 0.6 is 0 Å². The molecule has 0 atom stereocenters. The molecule has 0 saturated carbocycles. The largest absolute Gasteiger partial charge is 0.397 e. The summed E-state index contributed by atoms with van der Waals surface area (Å²) in [5.41, 5.74) is 13.0. The van der Waals surface area contributed by atoms with E-state index >= 15 is 0 Å². The molecule has 0 aliphatic rings. The normalized spacial score (nSPS) is 10.4. The van der Waals surface area contributed by atoms with E-state index in [1.807, 2.05) is 6.92 Å². The third-order valence-electron chi connectivity index (χ3n) is 4.49. The van der Waals surface area contributed by atoms with Gasteiger partial charge in [0.15, 0.2) is 0 Å². The molecule has 0 unspecified atom stereocenters. The first-order valence-corrected chi connectivity index (χ1v) is 9.51. The number of nitrogens with one attached hydrogen (secondary N) is 3. The van der Waals surface area contributed by atoms with E-state index in [1.54, 1.807) is 49.4 Å². The SMILES string of the molecule is Cc1ccc(N)c(CNC(=O)Cn2c(C)cnc(NNC(=O)c3ccccc3)c2=O)n1. The van der Waals surface area contributed by atoms with Gasteiger partial charge in [0, 0.05) is 23.1 Å². The van der Waals surface area contributed by atoms with Gasteiger partial charge in [-0.05, 0) is 38.1 Å². The van der Waals surface area contributed by atoms with Gasteiger partial charge in [-0.15, -0.1) is 0 Å². The smallest absolute Gasteiger partial charge is 0.295 e. The van der Waals surface area contributed by atoms with Gasteiger partial charge < -0.3 is 11.1 Å². The Morgan fingerprint density at radius 1 is 1.10 bits per heavy atom. The van der Waals surface area contributed by atoms with Crippen molar-refractivity contribution in [2.24, 2.45) is 0 Å². The Hall–Kier alpha value is -4.21. The molecule has 0 aliphatic carbocycles. The second kappa shape index (κ2) is 9.53. The number of pyridine rings is 1. The van der Waals surface area contributed by atoms with E-state index in [2.05, 4.69) is 26.1 Å². The van der Waals surface area contributed by atoms with Crippen molar-refractivity contribution in [1.29, 1.82) is 0 Å². The highest BCUT2D eigenvalue weighted by Gasteiger charge is 2.13. The number of aromatic nitrogens is 3. The summed E-state index contributed by atoms with van der Waals surface area (Å²) in [6, 6.07) is 12.0. The number of carbonyl (C=O) groups excluding carboxylic acids is 2. The van der Waals surface area contributed by atoms with Gasteiger partial charge >= 0.3 is 0 Å². The molecule has 0 bridgehead atoms. The maximum absolute atomic E-state index is 12.7. The topological polar surface area (TPSA) is 144 Å². The molecule has 2 heterocycles. The van der Waals surface area contributed by atoms with E-state index in [1.165, 1.54) is 10.8 Å². The number of hydrazine groups is 1. The zero-order chi connectivity index (χ0) is 22.4. The maximum atomic E-state index is 12.7. The second-order valence-corrected chi connectivity index (χ2v) is 6.85. The van der Waals surface area contributed by atoms with Crippen LogP contribution in [0.5, 0.6) is 0 Å². The van der Waals surface area contributed by atoms with Gasteiger partial charge in [-0.2, -0.15) is 0 Å². The number of rotatable bonds is 7. The number of benzene rings is 1. The number of carbonyl (C=O) groups is 2. The van der Waals surface area contributed by atoms with Crippen molar-refractivity contribution in [2.45, 2.75) is 26.9 Å². The van der Waals surface area contributed by atoms with E-state index in [0.29, 0.717) is 22.6 Å². The van der Waals surface area contributed by atoms with Gasteiger partial charge in [0.1, 0.15) is 6.54 Å². The Labute approximate surface area is 178 Å². The van der Waals surface area contributed by atoms with Gasteiger partial charge in [0.05, 0.1) is 17.9 Å². The summed E-state index contributed by atoms with van der Waals surface area (Å²) in [4.78, 5) is 45.6. The first kappa shape index (κ1) is 21.5. The van der Waals surface area contributed by atoms with Crippen molar-refractivity contribution in [3.63, 3.8) is 0 Å². The van der Waals surface area contributed by atoms with Crippen molar-refractivity contribution in [2.75, 3.05) is 11.2 Å². The number of hydrogen-bond donors (Lipinski definition) is 4. The lowest BCUT2D eigenvalue weighted by Gasteiger charge is -2.13. The summed E-state index contributed by atoms with van der Waals surface area (Å²) in [5.74, 6) is -0.916. The van der Waals surface area contributed by atoms with Crippen molar-refractivity contribution >= 4 is 23.3 Å². The summed E-state index contributed by atoms with van der Waals surface area (Å²) in [6.07, 6.45) is 1.44. The zero-order valence-electron chi connectivity index (χ0n) is 17.2. The molecule has 5 N–H and O–H groups in total. The molecule has 0 aliphatic heterocycles. The molecule has 0 fully saturated rings. The third-order valence-corrected chi connectivity index (χ3v) is 4.49. The standard InChI is InChI=1S/C21H23N7O3/c1-13-8-9-16(22)17(25-13)11-23-18(29)12-28-14(2)10-24-19(21(28)31)26-27-20(30)15-6-4-3-5-7-15/h3-10H,11-12,22H2,1-2H3,(H,23,29)(H,24,26)(H,27,30). The fourth-order valence-electron chi connectivity index (χ4n) is 2.78. The Kier molecular flexibility index (Phi) is 6.61. The van der Waals surface area contributed by atoms with E-state index in [9.17, 15) is 14.4 Å². The average Bonchev–Trinajstić information content (AvgIpc) is 2.77. The van der Waals surface area contributed by atoms with Crippen LogP contribution in [-0.4, -0.2) is 26.3 Å². The third kappa shape index (κ3) is 5.44. The van der Waals surface area contributed by atoms with Crippen LogP contribution in [0.25, 0.3) is 0 Å². The Balaban J connectivity index is 1.66. The van der Waals surface area contributed by atoms with Gasteiger partial charge in [0.25, 0.3) is 11.5 Å². The summed E-state index contributed by atoms with van der Waals surface area (Å²) in [5, 5.41) is 2.71. The van der Waals surface area contributed by atoms with Crippen LogP contribution in [0.2, 0.25) is 0 Å². The molecule has 160 valence electrons. The lowest BCUT2D eigenvalue weighted by atomic mass is 10.2. The summed E-state index contributed by atoms with van der Waals surface area (Å²) in [7, 11) is 0. The number of aryl methyl sites for hydroxylation is 2. The van der Waals surface area contributed by atoms with Crippen molar-refractivity contribution in [3.8, 4) is 0 Å². The van der Waals surface area contributed by atoms with Crippen molar-refractivity contribution in [3.05, 3.63) is 81.7 Å². The van der Waals surface area contributed by atoms with Crippen LogP contribution in [0.4, 0.5) is 11.5 Å². The minimum absolute atomic E-state index is 0.104. The summed E-state index contributed by atoms with van der Waals surface area (Å²) >= 11 is 0. The van der Waals surface area contributed by atoms with Gasteiger partial charge in [-0.1, -0.05) is 18.2 Å². The van der Waals surface area contributed by atoms with Gasteiger partial charge in [-0.25, -0.2) is 4.98 Å². The van der Waals surface area contributed by atoms with Crippen molar-refractivity contribution < 1.29 is 9.59 Å². The quantitative estimate of drug-likeness (QED) is 0.415. The molecular formula is C21H23N7O3. The predicted octanol–water partition coefficient (Wildman–Crippen LogP) is 0.911. The molecule has 3 rings (SSSR count). The Bertz CT molecular complexity index is 1160. The first-order valence-electron chi connectivity index (χ1n) is 9.51. The van der Waals surface area contributed by atoms with Crippen LogP contribution in [0.1, 0.15) is 27.4 Å². The average molecular weight is 421 g/mol. The molecule has 0 spiro atoms. The molecule has 31 heavy (non-hydrogen) atoms. The highest BCUT2D eigenvalue weighted by atomic mass is 16.2. The minimum Gasteiger partial charge on any atom is -0.397 e. The van der Waals surface area contributed by atoms with E-state index in [-0.39, 0.29) is 18.9 Å². The van der Waals surface area contributed by atoms with E-state index in [0.717, 1.165) is 5.69 Å². The van der Waals surface area contributed by atoms with Crippen LogP contribution in [0, 0.1) is 13.8 Å². The molecule has 0 radical (unpaired) electrons. The number of nitrogens with two attached hydrogens (primary N) is 1. The predicted molar refractivity (Wildman–Crippen MR) is 116 cm³/mol. The van der Waals surface area contributed by atoms with Crippen LogP contribution in [0.15, 0.2) is 53.5 Å². The molecular weight excluding hydrogens is 398 g/mol. The fourth-order valence-corrected chi connectivity index (χ4v) is 2.78. The van der Waals surface area contributed by atoms with Crippen LogP contribution in [-0.2, 0) is 17.9 Å². The lowest BCUT2D eigenvalue weighted by Crippen LogP contribution is -2.38.